The number of para-hydroxylation sites is 1. The Morgan fingerprint density at radius 3 is 2.93 bits per heavy atom. The van der Waals surface area contributed by atoms with Gasteiger partial charge >= 0.3 is 0 Å². The molecule has 1 saturated heterocycles. The minimum atomic E-state index is 0.437. The van der Waals surface area contributed by atoms with E-state index in [1.807, 2.05) is 42.9 Å². The average molecular weight is 370 g/mol. The highest BCUT2D eigenvalue weighted by molar-refractivity contribution is 5.80. The van der Waals surface area contributed by atoms with E-state index in [9.17, 15) is 0 Å². The van der Waals surface area contributed by atoms with Gasteiger partial charge in [0.15, 0.2) is 5.96 Å². The maximum Gasteiger partial charge on any atom is 0.193 e. The molecular weight excluding hydrogens is 338 g/mol. The normalized spacial score (nSPS) is 20.5. The lowest BCUT2D eigenvalue weighted by Crippen LogP contribution is -2.49. The summed E-state index contributed by atoms with van der Waals surface area (Å²) in [6.45, 7) is 8.77. The second-order valence-electron chi connectivity index (χ2n) is 7.04. The lowest BCUT2D eigenvalue weighted by Gasteiger charge is -2.39. The Hall–Kier alpha value is -2.50. The predicted octanol–water partition coefficient (Wildman–Crippen LogP) is 3.20. The molecule has 0 amide bonds. The van der Waals surface area contributed by atoms with Gasteiger partial charge < -0.3 is 19.5 Å². The SMILES string of the molecule is CCNC(=NCCCOc1ccccc1)N1CCC(C)C(n2ccnc2)C1. The monoisotopic (exact) mass is 369 g/mol. The van der Waals surface area contributed by atoms with Crippen LogP contribution in [-0.2, 0) is 0 Å². The minimum absolute atomic E-state index is 0.437. The van der Waals surface area contributed by atoms with E-state index in [-0.39, 0.29) is 0 Å². The molecule has 1 N–H and O–H groups in total. The Labute approximate surface area is 162 Å². The molecule has 1 aromatic heterocycles. The van der Waals surface area contributed by atoms with E-state index in [4.69, 9.17) is 9.73 Å². The van der Waals surface area contributed by atoms with Crippen molar-refractivity contribution in [1.82, 2.24) is 19.8 Å². The molecule has 0 saturated carbocycles. The van der Waals surface area contributed by atoms with Gasteiger partial charge in [0.25, 0.3) is 0 Å². The summed E-state index contributed by atoms with van der Waals surface area (Å²) in [6, 6.07) is 10.4. The van der Waals surface area contributed by atoms with E-state index < -0.39 is 0 Å². The number of aliphatic imine (C=N–C) groups is 1. The molecule has 6 heteroatoms. The molecule has 0 bridgehead atoms. The van der Waals surface area contributed by atoms with E-state index in [1.165, 1.54) is 0 Å². The van der Waals surface area contributed by atoms with Crippen LogP contribution in [0.5, 0.6) is 5.75 Å². The first-order valence-electron chi connectivity index (χ1n) is 9.96. The lowest BCUT2D eigenvalue weighted by atomic mass is 9.93. The van der Waals surface area contributed by atoms with Crippen molar-refractivity contribution in [2.24, 2.45) is 10.9 Å². The Morgan fingerprint density at radius 1 is 1.33 bits per heavy atom. The van der Waals surface area contributed by atoms with E-state index in [1.54, 1.807) is 0 Å². The molecule has 2 atom stereocenters. The fourth-order valence-corrected chi connectivity index (χ4v) is 3.48. The molecule has 2 heterocycles. The summed E-state index contributed by atoms with van der Waals surface area (Å²) in [5.41, 5.74) is 0. The van der Waals surface area contributed by atoms with E-state index >= 15 is 0 Å². The molecule has 2 unspecified atom stereocenters. The van der Waals surface area contributed by atoms with Crippen LogP contribution in [0.3, 0.4) is 0 Å². The lowest BCUT2D eigenvalue weighted by molar-refractivity contribution is 0.189. The van der Waals surface area contributed by atoms with Gasteiger partial charge in [0.2, 0.25) is 0 Å². The summed E-state index contributed by atoms with van der Waals surface area (Å²) < 4.78 is 7.99. The summed E-state index contributed by atoms with van der Waals surface area (Å²) >= 11 is 0. The molecule has 3 rings (SSSR count). The highest BCUT2D eigenvalue weighted by Crippen LogP contribution is 2.27. The fourth-order valence-electron chi connectivity index (χ4n) is 3.48. The van der Waals surface area contributed by atoms with Crippen LogP contribution < -0.4 is 10.1 Å². The number of likely N-dealkylation sites (tertiary alicyclic amines) is 1. The Bertz CT molecular complexity index is 686. The quantitative estimate of drug-likeness (QED) is 0.463. The number of benzene rings is 1. The van der Waals surface area contributed by atoms with E-state index in [2.05, 4.69) is 39.8 Å². The first kappa shape index (κ1) is 19.3. The van der Waals surface area contributed by atoms with Crippen LogP contribution in [0.4, 0.5) is 0 Å². The van der Waals surface area contributed by atoms with Gasteiger partial charge in [0.1, 0.15) is 5.75 Å². The molecule has 146 valence electrons. The van der Waals surface area contributed by atoms with E-state index in [0.717, 1.165) is 50.7 Å². The number of piperidine rings is 1. The van der Waals surface area contributed by atoms with Gasteiger partial charge in [-0.05, 0) is 31.4 Å². The second kappa shape index (κ2) is 10.00. The summed E-state index contributed by atoms with van der Waals surface area (Å²) in [5.74, 6) is 2.56. The molecule has 0 spiro atoms. The van der Waals surface area contributed by atoms with Crippen molar-refractivity contribution < 1.29 is 4.74 Å². The summed E-state index contributed by atoms with van der Waals surface area (Å²) in [4.78, 5) is 11.4. The van der Waals surface area contributed by atoms with Gasteiger partial charge in [-0.2, -0.15) is 0 Å². The third kappa shape index (κ3) is 5.49. The van der Waals surface area contributed by atoms with Crippen molar-refractivity contribution in [3.63, 3.8) is 0 Å². The topological polar surface area (TPSA) is 54.7 Å². The number of hydrogen-bond acceptors (Lipinski definition) is 3. The smallest absolute Gasteiger partial charge is 0.193 e. The maximum absolute atomic E-state index is 5.76. The molecule has 27 heavy (non-hydrogen) atoms. The first-order valence-corrected chi connectivity index (χ1v) is 9.96. The molecule has 1 aliphatic rings. The van der Waals surface area contributed by atoms with Gasteiger partial charge in [0, 0.05) is 45.0 Å². The molecule has 1 aliphatic heterocycles. The number of nitrogens with one attached hydrogen (secondary N) is 1. The van der Waals surface area contributed by atoms with Crippen molar-refractivity contribution in [2.45, 2.75) is 32.7 Å². The van der Waals surface area contributed by atoms with Gasteiger partial charge in [-0.1, -0.05) is 25.1 Å². The highest BCUT2D eigenvalue weighted by atomic mass is 16.5. The largest absolute Gasteiger partial charge is 0.494 e. The van der Waals surface area contributed by atoms with Crippen molar-refractivity contribution in [3.8, 4) is 5.75 Å². The van der Waals surface area contributed by atoms with Crippen LogP contribution in [0, 0.1) is 5.92 Å². The molecule has 1 aromatic carbocycles. The summed E-state index contributed by atoms with van der Waals surface area (Å²) in [7, 11) is 0. The molecule has 0 aliphatic carbocycles. The molecule has 0 radical (unpaired) electrons. The van der Waals surface area contributed by atoms with Gasteiger partial charge in [-0.25, -0.2) is 4.98 Å². The summed E-state index contributed by atoms with van der Waals surface area (Å²) in [6.07, 6.45) is 7.91. The zero-order chi connectivity index (χ0) is 18.9. The number of nitrogens with zero attached hydrogens (tertiary/aromatic N) is 4. The minimum Gasteiger partial charge on any atom is -0.494 e. The number of ether oxygens (including phenoxy) is 1. The molecule has 1 fully saturated rings. The molecular formula is C21H31N5O. The van der Waals surface area contributed by atoms with Crippen molar-refractivity contribution in [3.05, 3.63) is 49.1 Å². The van der Waals surface area contributed by atoms with Crippen molar-refractivity contribution in [2.75, 3.05) is 32.8 Å². The standard InChI is InChI=1S/C21H31N5O/c1-3-23-21(24-11-7-15-27-19-8-5-4-6-9-19)25-13-10-18(2)20(16-25)26-14-12-22-17-26/h4-6,8-9,12,14,17-18,20H,3,7,10-11,13,15-16H2,1-2H3,(H,23,24). The number of imidazole rings is 1. The average Bonchev–Trinajstić information content (AvgIpc) is 3.23. The first-order chi connectivity index (χ1) is 13.3. The third-order valence-electron chi connectivity index (χ3n) is 5.04. The Morgan fingerprint density at radius 2 is 2.19 bits per heavy atom. The van der Waals surface area contributed by atoms with Gasteiger partial charge in [-0.15, -0.1) is 0 Å². The predicted molar refractivity (Wildman–Crippen MR) is 109 cm³/mol. The third-order valence-corrected chi connectivity index (χ3v) is 5.04. The molecule has 2 aromatic rings. The van der Waals surface area contributed by atoms with Crippen LogP contribution in [0.15, 0.2) is 54.0 Å². The van der Waals surface area contributed by atoms with Gasteiger partial charge in [-0.3, -0.25) is 4.99 Å². The summed E-state index contributed by atoms with van der Waals surface area (Å²) in [5, 5.41) is 3.45. The van der Waals surface area contributed by atoms with Crippen LogP contribution in [-0.4, -0.2) is 53.2 Å². The Balaban J connectivity index is 1.53. The highest BCUT2D eigenvalue weighted by Gasteiger charge is 2.28. The van der Waals surface area contributed by atoms with E-state index in [0.29, 0.717) is 18.6 Å². The van der Waals surface area contributed by atoms with Crippen LogP contribution >= 0.6 is 0 Å². The zero-order valence-electron chi connectivity index (χ0n) is 16.4. The van der Waals surface area contributed by atoms with Crippen LogP contribution in [0.2, 0.25) is 0 Å². The van der Waals surface area contributed by atoms with Crippen molar-refractivity contribution >= 4 is 5.96 Å². The molecule has 6 nitrogen and oxygen atoms in total. The number of rotatable bonds is 7. The second-order valence-corrected chi connectivity index (χ2v) is 7.04. The van der Waals surface area contributed by atoms with Crippen LogP contribution in [0.25, 0.3) is 0 Å². The maximum atomic E-state index is 5.76. The van der Waals surface area contributed by atoms with Crippen molar-refractivity contribution in [1.29, 1.82) is 0 Å². The zero-order valence-corrected chi connectivity index (χ0v) is 16.4. The van der Waals surface area contributed by atoms with Gasteiger partial charge in [0.05, 0.1) is 19.0 Å². The number of aromatic nitrogens is 2. The number of hydrogen-bond donors (Lipinski definition) is 1. The van der Waals surface area contributed by atoms with Crippen LogP contribution in [0.1, 0.15) is 32.7 Å². The fraction of sp³-hybridized carbons (Fsp3) is 0.524. The Kier molecular flexibility index (Phi) is 7.13. The number of guanidine groups is 1.